The molecular formula is C10H13NO4S. The van der Waals surface area contributed by atoms with E-state index in [4.69, 9.17) is 4.55 Å². The average Bonchev–Trinajstić information content (AvgIpc) is 2.24. The lowest BCUT2D eigenvalue weighted by Gasteiger charge is -2.03. The maximum atomic E-state index is 10.4. The van der Waals surface area contributed by atoms with Crippen molar-refractivity contribution >= 4 is 16.4 Å². The molecule has 1 aromatic rings. The molecule has 0 saturated heterocycles. The second kappa shape index (κ2) is 5.74. The smallest absolute Gasteiger partial charge is 0.266 e. The Kier molecular flexibility index (Phi) is 4.60. The maximum Gasteiger partial charge on any atom is 0.266 e. The molecule has 0 fully saturated rings. The quantitative estimate of drug-likeness (QED) is 0.431. The molecule has 0 bridgehead atoms. The zero-order valence-electron chi connectivity index (χ0n) is 8.59. The molecule has 0 heterocycles. The minimum absolute atomic E-state index is 0.189. The van der Waals surface area contributed by atoms with Crippen LogP contribution in [-0.2, 0) is 16.7 Å². The molecule has 0 aromatic heterocycles. The monoisotopic (exact) mass is 243 g/mol. The number of hydrogen-bond donors (Lipinski definition) is 2. The van der Waals surface area contributed by atoms with Crippen molar-refractivity contribution in [3.8, 4) is 0 Å². The number of carbonyl (C=O) groups is 1. The largest absolute Gasteiger partial charge is 0.312 e. The molecule has 2 N–H and O–H groups in total. The Morgan fingerprint density at radius 2 is 1.88 bits per heavy atom. The van der Waals surface area contributed by atoms with Gasteiger partial charge in [-0.1, -0.05) is 24.3 Å². The number of aldehydes is 1. The van der Waals surface area contributed by atoms with Gasteiger partial charge >= 0.3 is 0 Å². The average molecular weight is 243 g/mol. The summed E-state index contributed by atoms with van der Waals surface area (Å²) in [6.07, 6.45) is 0.759. The molecule has 1 rings (SSSR count). The van der Waals surface area contributed by atoms with Crippen molar-refractivity contribution in [1.29, 1.82) is 0 Å². The van der Waals surface area contributed by atoms with Crippen molar-refractivity contribution < 1.29 is 17.8 Å². The molecule has 0 aliphatic carbocycles. The molecule has 16 heavy (non-hydrogen) atoms. The first-order chi connectivity index (χ1) is 7.51. The van der Waals surface area contributed by atoms with Crippen LogP contribution in [0.1, 0.15) is 15.9 Å². The molecule has 0 spiro atoms. The fourth-order valence-electron chi connectivity index (χ4n) is 1.15. The van der Waals surface area contributed by atoms with Gasteiger partial charge in [-0.3, -0.25) is 9.35 Å². The summed E-state index contributed by atoms with van der Waals surface area (Å²) in [7, 11) is -3.90. The van der Waals surface area contributed by atoms with E-state index in [2.05, 4.69) is 5.32 Å². The Morgan fingerprint density at radius 3 is 2.38 bits per heavy atom. The molecule has 0 unspecified atom stereocenters. The molecule has 5 nitrogen and oxygen atoms in total. The Bertz CT molecular complexity index is 438. The zero-order chi connectivity index (χ0) is 12.0. The second-order valence-corrected chi connectivity index (χ2v) is 4.89. The van der Waals surface area contributed by atoms with Gasteiger partial charge in [-0.2, -0.15) is 8.42 Å². The van der Waals surface area contributed by atoms with Gasteiger partial charge in [-0.05, 0) is 5.56 Å². The summed E-state index contributed by atoms with van der Waals surface area (Å²) >= 11 is 0. The lowest BCUT2D eigenvalue weighted by Crippen LogP contribution is -2.22. The standard InChI is InChI=1S/C10H13NO4S/c12-8-10-3-1-9(2-4-10)7-11-5-6-16(13,14)15/h1-4,8,11H,5-7H2,(H,13,14,15). The van der Waals surface area contributed by atoms with E-state index in [9.17, 15) is 13.2 Å². The van der Waals surface area contributed by atoms with E-state index in [1.54, 1.807) is 24.3 Å². The van der Waals surface area contributed by atoms with E-state index in [1.807, 2.05) is 0 Å². The molecule has 88 valence electrons. The van der Waals surface area contributed by atoms with Gasteiger partial charge in [0.25, 0.3) is 10.1 Å². The number of hydrogen-bond acceptors (Lipinski definition) is 4. The maximum absolute atomic E-state index is 10.4. The third-order valence-electron chi connectivity index (χ3n) is 1.98. The second-order valence-electron chi connectivity index (χ2n) is 3.32. The van der Waals surface area contributed by atoms with Crippen molar-refractivity contribution in [2.24, 2.45) is 0 Å². The number of benzene rings is 1. The Labute approximate surface area is 94.2 Å². The highest BCUT2D eigenvalue weighted by Gasteiger charge is 2.02. The van der Waals surface area contributed by atoms with Gasteiger partial charge in [-0.25, -0.2) is 0 Å². The van der Waals surface area contributed by atoms with Crippen LogP contribution in [0.2, 0.25) is 0 Å². The minimum atomic E-state index is -3.90. The topological polar surface area (TPSA) is 83.5 Å². The third kappa shape index (κ3) is 5.01. The number of rotatable bonds is 6. The fourth-order valence-corrected chi connectivity index (χ4v) is 1.55. The van der Waals surface area contributed by atoms with E-state index in [0.29, 0.717) is 12.1 Å². The highest BCUT2D eigenvalue weighted by atomic mass is 32.2. The molecule has 0 aliphatic rings. The van der Waals surface area contributed by atoms with Gasteiger partial charge in [-0.15, -0.1) is 0 Å². The van der Waals surface area contributed by atoms with E-state index in [0.717, 1.165) is 11.8 Å². The van der Waals surface area contributed by atoms with E-state index >= 15 is 0 Å². The first kappa shape index (κ1) is 12.8. The third-order valence-corrected chi connectivity index (χ3v) is 2.70. The summed E-state index contributed by atoms with van der Waals surface area (Å²) in [5.74, 6) is -0.306. The van der Waals surface area contributed by atoms with Gasteiger partial charge < -0.3 is 5.32 Å². The molecule has 1 aromatic carbocycles. The molecule has 0 atom stereocenters. The molecular weight excluding hydrogens is 230 g/mol. The van der Waals surface area contributed by atoms with Gasteiger partial charge in [0.2, 0.25) is 0 Å². The van der Waals surface area contributed by atoms with E-state index in [-0.39, 0.29) is 12.3 Å². The Balaban J connectivity index is 2.35. The summed E-state index contributed by atoms with van der Waals surface area (Å²) in [6, 6.07) is 6.94. The highest BCUT2D eigenvalue weighted by molar-refractivity contribution is 7.85. The van der Waals surface area contributed by atoms with Crippen LogP contribution in [0.15, 0.2) is 24.3 Å². The summed E-state index contributed by atoms with van der Waals surface area (Å²) in [4.78, 5) is 10.4. The summed E-state index contributed by atoms with van der Waals surface area (Å²) in [5, 5.41) is 2.87. The Hall–Kier alpha value is -1.24. The molecule has 0 aliphatic heterocycles. The van der Waals surface area contributed by atoms with Gasteiger partial charge in [0.1, 0.15) is 6.29 Å². The van der Waals surface area contributed by atoms with Crippen LogP contribution >= 0.6 is 0 Å². The van der Waals surface area contributed by atoms with Crippen molar-refractivity contribution in [3.05, 3.63) is 35.4 Å². The van der Waals surface area contributed by atoms with Crippen LogP contribution in [0, 0.1) is 0 Å². The normalized spacial score (nSPS) is 11.3. The van der Waals surface area contributed by atoms with Crippen molar-refractivity contribution in [2.75, 3.05) is 12.3 Å². The first-order valence-corrected chi connectivity index (χ1v) is 6.32. The predicted octanol–water partition coefficient (Wildman–Crippen LogP) is 0.476. The van der Waals surface area contributed by atoms with Crippen molar-refractivity contribution in [3.63, 3.8) is 0 Å². The number of carbonyl (C=O) groups excluding carboxylic acids is 1. The van der Waals surface area contributed by atoms with Crippen LogP contribution in [-0.4, -0.2) is 31.6 Å². The molecule has 6 heteroatoms. The fraction of sp³-hybridized carbons (Fsp3) is 0.300. The minimum Gasteiger partial charge on any atom is -0.312 e. The summed E-state index contributed by atoms with van der Waals surface area (Å²) in [5.41, 5.74) is 1.54. The zero-order valence-corrected chi connectivity index (χ0v) is 9.40. The van der Waals surface area contributed by atoms with Crippen LogP contribution < -0.4 is 5.32 Å². The number of nitrogens with one attached hydrogen (secondary N) is 1. The van der Waals surface area contributed by atoms with Crippen LogP contribution in [0.3, 0.4) is 0 Å². The SMILES string of the molecule is O=Cc1ccc(CNCCS(=O)(=O)O)cc1. The van der Waals surface area contributed by atoms with Gasteiger partial charge in [0.05, 0.1) is 5.75 Å². The highest BCUT2D eigenvalue weighted by Crippen LogP contribution is 2.01. The summed E-state index contributed by atoms with van der Waals surface area (Å²) < 4.78 is 29.3. The molecule has 0 amide bonds. The van der Waals surface area contributed by atoms with Crippen molar-refractivity contribution in [1.82, 2.24) is 5.32 Å². The Morgan fingerprint density at radius 1 is 1.25 bits per heavy atom. The lowest BCUT2D eigenvalue weighted by molar-refractivity contribution is 0.112. The van der Waals surface area contributed by atoms with Crippen molar-refractivity contribution in [2.45, 2.75) is 6.54 Å². The van der Waals surface area contributed by atoms with Gasteiger partial charge in [0.15, 0.2) is 0 Å². The van der Waals surface area contributed by atoms with Crippen LogP contribution in [0.5, 0.6) is 0 Å². The summed E-state index contributed by atoms with van der Waals surface area (Å²) in [6.45, 7) is 0.683. The molecule has 0 radical (unpaired) electrons. The first-order valence-electron chi connectivity index (χ1n) is 4.71. The van der Waals surface area contributed by atoms with Gasteiger partial charge in [0, 0.05) is 18.7 Å². The van der Waals surface area contributed by atoms with Crippen LogP contribution in [0.4, 0.5) is 0 Å². The predicted molar refractivity (Wildman–Crippen MR) is 60.0 cm³/mol. The lowest BCUT2D eigenvalue weighted by atomic mass is 10.1. The van der Waals surface area contributed by atoms with E-state index < -0.39 is 10.1 Å². The molecule has 0 saturated carbocycles. The van der Waals surface area contributed by atoms with E-state index in [1.165, 1.54) is 0 Å². The van der Waals surface area contributed by atoms with Crippen LogP contribution in [0.25, 0.3) is 0 Å².